The van der Waals surface area contributed by atoms with E-state index in [0.29, 0.717) is 18.7 Å². The normalized spacial score (nSPS) is 16.5. The molecule has 1 aliphatic carbocycles. The van der Waals surface area contributed by atoms with Crippen molar-refractivity contribution in [3.63, 3.8) is 0 Å². The van der Waals surface area contributed by atoms with Gasteiger partial charge in [0.1, 0.15) is 5.75 Å². The highest BCUT2D eigenvalue weighted by molar-refractivity contribution is 5.94. The molecule has 0 heterocycles. The summed E-state index contributed by atoms with van der Waals surface area (Å²) in [6, 6.07) is 7.34. The van der Waals surface area contributed by atoms with Crippen LogP contribution in [0.2, 0.25) is 0 Å². The summed E-state index contributed by atoms with van der Waals surface area (Å²) in [6.45, 7) is 3.30. The number of rotatable bonds is 6. The lowest BCUT2D eigenvalue weighted by Crippen LogP contribution is -2.53. The third-order valence-corrected chi connectivity index (χ3v) is 4.74. The molecule has 4 nitrogen and oxygen atoms in total. The zero-order chi connectivity index (χ0) is 16.0. The number of nitrogens with zero attached hydrogens (tertiary/aromatic N) is 1. The lowest BCUT2D eigenvalue weighted by Gasteiger charge is -2.43. The molecule has 1 aromatic rings. The maximum atomic E-state index is 12.4. The first-order valence-electron chi connectivity index (χ1n) is 8.26. The smallest absolute Gasteiger partial charge is 0.251 e. The molecule has 1 fully saturated rings. The van der Waals surface area contributed by atoms with Crippen molar-refractivity contribution in [2.45, 2.75) is 44.6 Å². The van der Waals surface area contributed by atoms with Crippen LogP contribution in [0.1, 0.15) is 49.4 Å². The Labute approximate surface area is 146 Å². The van der Waals surface area contributed by atoms with Crippen molar-refractivity contribution in [1.82, 2.24) is 10.2 Å². The molecule has 1 aromatic carbocycles. The second-order valence-electron chi connectivity index (χ2n) is 6.32. The van der Waals surface area contributed by atoms with Gasteiger partial charge in [-0.2, -0.15) is 0 Å². The molecule has 2 rings (SSSR count). The molecule has 0 atom stereocenters. The minimum Gasteiger partial charge on any atom is -0.494 e. The zero-order valence-corrected chi connectivity index (χ0v) is 15.2. The summed E-state index contributed by atoms with van der Waals surface area (Å²) >= 11 is 0. The third-order valence-electron chi connectivity index (χ3n) is 4.74. The third kappa shape index (κ3) is 5.11. The van der Waals surface area contributed by atoms with E-state index in [-0.39, 0.29) is 23.9 Å². The average Bonchev–Trinajstić information content (AvgIpc) is 2.54. The standard InChI is InChI=1S/C18H28N2O2.ClH/c1-4-22-16-10-8-15(9-11-16)17(21)19-14-18(20(2)3)12-6-5-7-13-18;/h8-11H,4-7,12-14H2,1-3H3,(H,19,21);1H. The number of amides is 1. The van der Waals surface area contributed by atoms with Crippen LogP contribution in [0.25, 0.3) is 0 Å². The second-order valence-corrected chi connectivity index (χ2v) is 6.32. The monoisotopic (exact) mass is 340 g/mol. The van der Waals surface area contributed by atoms with Crippen LogP contribution >= 0.6 is 12.4 Å². The Morgan fingerprint density at radius 2 is 1.78 bits per heavy atom. The summed E-state index contributed by atoms with van der Waals surface area (Å²) in [6.07, 6.45) is 6.11. The van der Waals surface area contributed by atoms with Crippen molar-refractivity contribution >= 4 is 18.3 Å². The van der Waals surface area contributed by atoms with Gasteiger partial charge in [-0.15, -0.1) is 12.4 Å². The number of likely N-dealkylation sites (N-methyl/N-ethyl adjacent to an activating group) is 1. The van der Waals surface area contributed by atoms with Gasteiger partial charge in [-0.1, -0.05) is 19.3 Å². The van der Waals surface area contributed by atoms with Crippen molar-refractivity contribution in [3.05, 3.63) is 29.8 Å². The highest BCUT2D eigenvalue weighted by atomic mass is 35.5. The lowest BCUT2D eigenvalue weighted by molar-refractivity contribution is 0.0799. The minimum absolute atomic E-state index is 0. The first-order valence-corrected chi connectivity index (χ1v) is 8.26. The predicted molar refractivity (Wildman–Crippen MR) is 96.7 cm³/mol. The fourth-order valence-electron chi connectivity index (χ4n) is 3.21. The zero-order valence-electron chi connectivity index (χ0n) is 14.4. The highest BCUT2D eigenvalue weighted by Gasteiger charge is 2.34. The van der Waals surface area contributed by atoms with Gasteiger partial charge < -0.3 is 15.0 Å². The number of hydrogen-bond donors (Lipinski definition) is 1. The largest absolute Gasteiger partial charge is 0.494 e. The Balaban J connectivity index is 0.00000264. The van der Waals surface area contributed by atoms with Crippen LogP contribution in [0.4, 0.5) is 0 Å². The van der Waals surface area contributed by atoms with E-state index in [1.54, 1.807) is 0 Å². The van der Waals surface area contributed by atoms with Gasteiger partial charge in [-0.25, -0.2) is 0 Å². The molecule has 0 aromatic heterocycles. The molecule has 0 radical (unpaired) electrons. The highest BCUT2D eigenvalue weighted by Crippen LogP contribution is 2.31. The molecule has 1 saturated carbocycles. The Hall–Kier alpha value is -1.26. The fraction of sp³-hybridized carbons (Fsp3) is 0.611. The Kier molecular flexibility index (Phi) is 7.86. The molecule has 0 saturated heterocycles. The maximum absolute atomic E-state index is 12.4. The van der Waals surface area contributed by atoms with Crippen LogP contribution in [0, 0.1) is 0 Å². The van der Waals surface area contributed by atoms with Gasteiger partial charge in [0.15, 0.2) is 0 Å². The molecule has 1 amide bonds. The molecule has 1 N–H and O–H groups in total. The van der Waals surface area contributed by atoms with Crippen molar-refractivity contribution in [2.75, 3.05) is 27.2 Å². The SMILES string of the molecule is CCOc1ccc(C(=O)NCC2(N(C)C)CCCCC2)cc1.Cl. The molecule has 0 spiro atoms. The Bertz CT molecular complexity index is 482. The number of halogens is 1. The molecule has 5 heteroatoms. The van der Waals surface area contributed by atoms with E-state index < -0.39 is 0 Å². The van der Waals surface area contributed by atoms with Gasteiger partial charge in [-0.05, 0) is 58.1 Å². The summed E-state index contributed by atoms with van der Waals surface area (Å²) in [5, 5.41) is 3.12. The van der Waals surface area contributed by atoms with E-state index in [4.69, 9.17) is 4.74 Å². The van der Waals surface area contributed by atoms with Crippen molar-refractivity contribution < 1.29 is 9.53 Å². The molecule has 0 unspecified atom stereocenters. The second kappa shape index (κ2) is 9.14. The van der Waals surface area contributed by atoms with E-state index in [1.807, 2.05) is 31.2 Å². The predicted octanol–water partition coefficient (Wildman–Crippen LogP) is 3.50. The van der Waals surface area contributed by atoms with Crippen molar-refractivity contribution in [2.24, 2.45) is 0 Å². The van der Waals surface area contributed by atoms with E-state index in [1.165, 1.54) is 19.3 Å². The van der Waals surface area contributed by atoms with Gasteiger partial charge in [0, 0.05) is 17.6 Å². The molecular formula is C18H29ClN2O2. The van der Waals surface area contributed by atoms with Crippen LogP contribution in [-0.4, -0.2) is 43.6 Å². The summed E-state index contributed by atoms with van der Waals surface area (Å²) in [5.41, 5.74) is 0.798. The lowest BCUT2D eigenvalue weighted by atomic mass is 9.80. The van der Waals surface area contributed by atoms with Crippen LogP contribution < -0.4 is 10.1 Å². The number of ether oxygens (including phenoxy) is 1. The summed E-state index contributed by atoms with van der Waals surface area (Å²) < 4.78 is 5.40. The summed E-state index contributed by atoms with van der Waals surface area (Å²) in [5.74, 6) is 0.797. The number of carbonyl (C=O) groups is 1. The Morgan fingerprint density at radius 3 is 2.30 bits per heavy atom. The van der Waals surface area contributed by atoms with E-state index in [0.717, 1.165) is 18.6 Å². The van der Waals surface area contributed by atoms with Crippen LogP contribution in [0.3, 0.4) is 0 Å². The van der Waals surface area contributed by atoms with Gasteiger partial charge in [0.05, 0.1) is 6.61 Å². The number of carbonyl (C=O) groups excluding carboxylic acids is 1. The minimum atomic E-state index is -0.00477. The first kappa shape index (κ1) is 19.8. The van der Waals surface area contributed by atoms with Gasteiger partial charge >= 0.3 is 0 Å². The van der Waals surface area contributed by atoms with Crippen LogP contribution in [0.5, 0.6) is 5.75 Å². The quantitative estimate of drug-likeness (QED) is 0.861. The van der Waals surface area contributed by atoms with Crippen LogP contribution in [0.15, 0.2) is 24.3 Å². The van der Waals surface area contributed by atoms with E-state index >= 15 is 0 Å². The average molecular weight is 341 g/mol. The van der Waals surface area contributed by atoms with Crippen molar-refractivity contribution in [3.8, 4) is 5.75 Å². The number of hydrogen-bond acceptors (Lipinski definition) is 3. The molecule has 0 aliphatic heterocycles. The van der Waals surface area contributed by atoms with Crippen molar-refractivity contribution in [1.29, 1.82) is 0 Å². The van der Waals surface area contributed by atoms with Crippen LogP contribution in [-0.2, 0) is 0 Å². The molecular weight excluding hydrogens is 312 g/mol. The summed E-state index contributed by atoms with van der Waals surface area (Å²) in [4.78, 5) is 14.6. The summed E-state index contributed by atoms with van der Waals surface area (Å²) in [7, 11) is 4.24. The number of nitrogens with one attached hydrogen (secondary N) is 1. The fourth-order valence-corrected chi connectivity index (χ4v) is 3.21. The van der Waals surface area contributed by atoms with Gasteiger partial charge in [-0.3, -0.25) is 4.79 Å². The van der Waals surface area contributed by atoms with Gasteiger partial charge in [0.2, 0.25) is 0 Å². The molecule has 1 aliphatic rings. The molecule has 0 bridgehead atoms. The Morgan fingerprint density at radius 1 is 1.17 bits per heavy atom. The maximum Gasteiger partial charge on any atom is 0.251 e. The number of benzene rings is 1. The molecule has 23 heavy (non-hydrogen) atoms. The molecule has 130 valence electrons. The topological polar surface area (TPSA) is 41.6 Å². The van der Waals surface area contributed by atoms with E-state index in [2.05, 4.69) is 24.3 Å². The van der Waals surface area contributed by atoms with E-state index in [9.17, 15) is 4.79 Å². The first-order chi connectivity index (χ1) is 10.6. The van der Waals surface area contributed by atoms with Gasteiger partial charge in [0.25, 0.3) is 5.91 Å².